The maximum atomic E-state index is 11.1. The molecule has 3 heteroatoms. The molecule has 0 unspecified atom stereocenters. The van der Waals surface area contributed by atoms with Crippen molar-refractivity contribution in [2.75, 3.05) is 0 Å². The first-order valence-corrected chi connectivity index (χ1v) is 5.71. The van der Waals surface area contributed by atoms with E-state index < -0.39 is 5.91 Å². The van der Waals surface area contributed by atoms with Crippen LogP contribution in [0.4, 0.5) is 0 Å². The maximum absolute atomic E-state index is 11.1. The number of carbonyl (C=O) groups is 1. The van der Waals surface area contributed by atoms with E-state index >= 15 is 0 Å². The highest BCUT2D eigenvalue weighted by atomic mass is 35.5. The minimum absolute atomic E-state index is 0.400. The Balaban J connectivity index is 2.38. The monoisotopic (exact) mass is 255 g/mol. The number of nitrogens with two attached hydrogens (primary N) is 1. The Morgan fingerprint density at radius 1 is 1.06 bits per heavy atom. The summed E-state index contributed by atoms with van der Waals surface area (Å²) in [5.74, 6) is 5.42. The second-order valence-electron chi connectivity index (χ2n) is 3.67. The molecule has 0 aromatic heterocycles. The molecule has 0 aliphatic heterocycles. The number of halogens is 1. The van der Waals surface area contributed by atoms with Gasteiger partial charge in [-0.1, -0.05) is 41.6 Å². The van der Waals surface area contributed by atoms with E-state index in [4.69, 9.17) is 17.3 Å². The summed E-state index contributed by atoms with van der Waals surface area (Å²) in [5, 5.41) is 0.503. The largest absolute Gasteiger partial charge is 0.366 e. The van der Waals surface area contributed by atoms with Gasteiger partial charge in [-0.05, 0) is 30.3 Å². The summed E-state index contributed by atoms with van der Waals surface area (Å²) in [6.07, 6.45) is 0. The van der Waals surface area contributed by atoms with E-state index in [0.717, 1.165) is 5.56 Å². The van der Waals surface area contributed by atoms with Crippen LogP contribution in [-0.4, -0.2) is 5.91 Å². The zero-order valence-corrected chi connectivity index (χ0v) is 10.2. The summed E-state index contributed by atoms with van der Waals surface area (Å²) < 4.78 is 0. The third kappa shape index (κ3) is 2.91. The first-order valence-electron chi connectivity index (χ1n) is 5.33. The molecular weight excluding hydrogens is 246 g/mol. The Bertz CT molecular complexity index is 639. The number of amides is 1. The fourth-order valence-electron chi connectivity index (χ4n) is 1.44. The lowest BCUT2D eigenvalue weighted by Gasteiger charge is -1.99. The van der Waals surface area contributed by atoms with E-state index in [2.05, 4.69) is 11.8 Å². The van der Waals surface area contributed by atoms with Crippen molar-refractivity contribution in [1.82, 2.24) is 0 Å². The molecule has 0 saturated heterocycles. The summed E-state index contributed by atoms with van der Waals surface area (Å²) in [6.45, 7) is 0. The molecule has 0 bridgehead atoms. The lowest BCUT2D eigenvalue weighted by Crippen LogP contribution is -2.10. The van der Waals surface area contributed by atoms with Gasteiger partial charge in [0.05, 0.1) is 5.02 Å². The SMILES string of the molecule is NC(=O)c1ccc(Cl)c(C#Cc2ccccc2)c1. The third-order valence-electron chi connectivity index (χ3n) is 2.37. The van der Waals surface area contributed by atoms with Crippen LogP contribution in [-0.2, 0) is 0 Å². The number of hydrogen-bond donors (Lipinski definition) is 1. The van der Waals surface area contributed by atoms with Gasteiger partial charge in [-0.2, -0.15) is 0 Å². The minimum Gasteiger partial charge on any atom is -0.366 e. The maximum Gasteiger partial charge on any atom is 0.248 e. The van der Waals surface area contributed by atoms with Crippen LogP contribution in [0.1, 0.15) is 21.5 Å². The van der Waals surface area contributed by atoms with Gasteiger partial charge in [0.25, 0.3) is 0 Å². The number of carbonyl (C=O) groups excluding carboxylic acids is 1. The Hall–Kier alpha value is -2.24. The zero-order valence-electron chi connectivity index (χ0n) is 9.48. The van der Waals surface area contributed by atoms with Gasteiger partial charge < -0.3 is 5.73 Å². The van der Waals surface area contributed by atoms with Crippen LogP contribution >= 0.6 is 11.6 Å². The van der Waals surface area contributed by atoms with Crippen molar-refractivity contribution >= 4 is 17.5 Å². The average molecular weight is 256 g/mol. The molecule has 2 aromatic carbocycles. The summed E-state index contributed by atoms with van der Waals surface area (Å²) in [5.41, 5.74) is 7.09. The smallest absolute Gasteiger partial charge is 0.248 e. The van der Waals surface area contributed by atoms with Gasteiger partial charge in [0.2, 0.25) is 5.91 Å². The molecule has 0 spiro atoms. The summed E-state index contributed by atoms with van der Waals surface area (Å²) in [6, 6.07) is 14.3. The van der Waals surface area contributed by atoms with Crippen LogP contribution in [0.5, 0.6) is 0 Å². The lowest BCUT2D eigenvalue weighted by atomic mass is 10.1. The zero-order chi connectivity index (χ0) is 13.0. The molecule has 0 saturated carbocycles. The molecule has 0 aliphatic carbocycles. The van der Waals surface area contributed by atoms with Gasteiger partial charge in [-0.25, -0.2) is 0 Å². The quantitative estimate of drug-likeness (QED) is 0.783. The van der Waals surface area contributed by atoms with Crippen LogP contribution < -0.4 is 5.73 Å². The standard InChI is InChI=1S/C15H10ClNO/c16-14-9-8-13(15(17)18)10-12(14)7-6-11-4-2-1-3-5-11/h1-5,8-10H,(H2,17,18). The topological polar surface area (TPSA) is 43.1 Å². The van der Waals surface area contributed by atoms with Crippen molar-refractivity contribution < 1.29 is 4.79 Å². The molecule has 2 rings (SSSR count). The Kier molecular flexibility index (Phi) is 3.66. The highest BCUT2D eigenvalue weighted by Crippen LogP contribution is 2.16. The molecule has 0 radical (unpaired) electrons. The van der Waals surface area contributed by atoms with Gasteiger partial charge in [-0.3, -0.25) is 4.79 Å². The Labute approximate surface area is 110 Å². The van der Waals surface area contributed by atoms with Gasteiger partial charge in [0.15, 0.2) is 0 Å². The summed E-state index contributed by atoms with van der Waals surface area (Å²) >= 11 is 6.01. The fourth-order valence-corrected chi connectivity index (χ4v) is 1.60. The van der Waals surface area contributed by atoms with E-state index in [0.29, 0.717) is 16.1 Å². The highest BCUT2D eigenvalue weighted by molar-refractivity contribution is 6.31. The van der Waals surface area contributed by atoms with Crippen molar-refractivity contribution in [3.05, 3.63) is 70.2 Å². The van der Waals surface area contributed by atoms with E-state index in [1.54, 1.807) is 18.2 Å². The van der Waals surface area contributed by atoms with Crippen LogP contribution in [0.2, 0.25) is 5.02 Å². The van der Waals surface area contributed by atoms with Crippen molar-refractivity contribution in [2.24, 2.45) is 5.73 Å². The third-order valence-corrected chi connectivity index (χ3v) is 2.70. The number of hydrogen-bond acceptors (Lipinski definition) is 1. The minimum atomic E-state index is -0.491. The molecule has 0 fully saturated rings. The Morgan fingerprint density at radius 3 is 2.44 bits per heavy atom. The Morgan fingerprint density at radius 2 is 1.78 bits per heavy atom. The lowest BCUT2D eigenvalue weighted by molar-refractivity contribution is 0.100. The van der Waals surface area contributed by atoms with Crippen molar-refractivity contribution in [3.8, 4) is 11.8 Å². The summed E-state index contributed by atoms with van der Waals surface area (Å²) in [7, 11) is 0. The molecule has 2 N–H and O–H groups in total. The number of primary amides is 1. The van der Waals surface area contributed by atoms with Gasteiger partial charge in [-0.15, -0.1) is 0 Å². The predicted octanol–water partition coefficient (Wildman–Crippen LogP) is 2.84. The second kappa shape index (κ2) is 5.39. The van der Waals surface area contributed by atoms with E-state index in [1.165, 1.54) is 0 Å². The van der Waals surface area contributed by atoms with Crippen molar-refractivity contribution in [2.45, 2.75) is 0 Å². The first kappa shape index (κ1) is 12.2. The van der Waals surface area contributed by atoms with Gasteiger partial charge >= 0.3 is 0 Å². The van der Waals surface area contributed by atoms with E-state index in [1.807, 2.05) is 30.3 Å². The normalized spacial score (nSPS) is 9.39. The number of rotatable bonds is 1. The molecule has 0 aliphatic rings. The summed E-state index contributed by atoms with van der Waals surface area (Å²) in [4.78, 5) is 11.1. The van der Waals surface area contributed by atoms with E-state index in [9.17, 15) is 4.79 Å². The molecule has 1 amide bonds. The average Bonchev–Trinajstić information content (AvgIpc) is 2.38. The molecule has 2 nitrogen and oxygen atoms in total. The van der Waals surface area contributed by atoms with E-state index in [-0.39, 0.29) is 0 Å². The molecule has 88 valence electrons. The molecule has 2 aromatic rings. The predicted molar refractivity (Wildman–Crippen MR) is 72.4 cm³/mol. The highest BCUT2D eigenvalue weighted by Gasteiger charge is 2.03. The van der Waals surface area contributed by atoms with Crippen molar-refractivity contribution in [3.63, 3.8) is 0 Å². The van der Waals surface area contributed by atoms with Gasteiger partial charge in [0, 0.05) is 16.7 Å². The fraction of sp³-hybridized carbons (Fsp3) is 0. The van der Waals surface area contributed by atoms with Crippen molar-refractivity contribution in [1.29, 1.82) is 0 Å². The molecule has 0 heterocycles. The molecule has 18 heavy (non-hydrogen) atoms. The first-order chi connectivity index (χ1) is 8.66. The van der Waals surface area contributed by atoms with Crippen LogP contribution in [0.3, 0.4) is 0 Å². The second-order valence-corrected chi connectivity index (χ2v) is 4.08. The molecule has 0 atom stereocenters. The van der Waals surface area contributed by atoms with Crippen LogP contribution in [0.15, 0.2) is 48.5 Å². The van der Waals surface area contributed by atoms with Crippen LogP contribution in [0.25, 0.3) is 0 Å². The molecular formula is C15H10ClNO. The van der Waals surface area contributed by atoms with Crippen LogP contribution in [0, 0.1) is 11.8 Å². The van der Waals surface area contributed by atoms with Gasteiger partial charge in [0.1, 0.15) is 0 Å². The number of benzene rings is 2.